The summed E-state index contributed by atoms with van der Waals surface area (Å²) in [6.45, 7) is 8.92. The fraction of sp³-hybridized carbons (Fsp3) is 0.375. The van der Waals surface area contributed by atoms with Crippen LogP contribution < -0.4 is 19.1 Å². The third-order valence-electron chi connectivity index (χ3n) is 6.75. The predicted molar refractivity (Wildman–Crippen MR) is 163 cm³/mol. The summed E-state index contributed by atoms with van der Waals surface area (Å²) in [6.07, 6.45) is 2.66. The number of Topliss-reactive ketones (excluding diaryl/α,β-unsaturated/α-hetero) is 1. The molecule has 11 heteroatoms. The number of anilines is 1. The normalized spacial score (nSPS) is 15.9. The van der Waals surface area contributed by atoms with Gasteiger partial charge in [0.1, 0.15) is 16.4 Å². The molecule has 10 nitrogen and oxygen atoms in total. The van der Waals surface area contributed by atoms with Crippen LogP contribution in [-0.2, 0) is 14.3 Å². The number of unbranched alkanes of at least 4 members (excludes halogenated alkanes) is 1. The number of aryl methyl sites for hydroxylation is 1. The number of esters is 1. The molecular formula is C32H36N2O8S. The first-order valence-electron chi connectivity index (χ1n) is 14.2. The van der Waals surface area contributed by atoms with Crippen molar-refractivity contribution in [2.75, 3.05) is 31.8 Å². The second kappa shape index (κ2) is 14.2. The van der Waals surface area contributed by atoms with Gasteiger partial charge < -0.3 is 24.1 Å². The van der Waals surface area contributed by atoms with Gasteiger partial charge in [0.15, 0.2) is 16.6 Å². The molecule has 1 atom stereocenters. The minimum Gasteiger partial charge on any atom is -0.507 e. The first-order chi connectivity index (χ1) is 20.7. The highest BCUT2D eigenvalue weighted by molar-refractivity contribution is 7.17. The van der Waals surface area contributed by atoms with Gasteiger partial charge in [-0.15, -0.1) is 0 Å². The van der Waals surface area contributed by atoms with E-state index in [2.05, 4.69) is 11.9 Å². The van der Waals surface area contributed by atoms with Gasteiger partial charge in [-0.05, 0) is 68.7 Å². The van der Waals surface area contributed by atoms with Crippen LogP contribution >= 0.6 is 11.3 Å². The fourth-order valence-electron chi connectivity index (χ4n) is 4.61. The van der Waals surface area contributed by atoms with E-state index < -0.39 is 23.7 Å². The van der Waals surface area contributed by atoms with Crippen LogP contribution in [0, 0.1) is 6.92 Å². The zero-order chi connectivity index (χ0) is 31.1. The van der Waals surface area contributed by atoms with Crippen molar-refractivity contribution in [3.8, 4) is 17.2 Å². The average molecular weight is 609 g/mol. The van der Waals surface area contributed by atoms with Gasteiger partial charge in [-0.2, -0.15) is 0 Å². The molecule has 2 aromatic carbocycles. The summed E-state index contributed by atoms with van der Waals surface area (Å²) in [5, 5.41) is 11.6. The highest BCUT2D eigenvalue weighted by Crippen LogP contribution is 2.45. The number of benzene rings is 2. The van der Waals surface area contributed by atoms with Gasteiger partial charge in [0, 0.05) is 5.56 Å². The largest absolute Gasteiger partial charge is 0.507 e. The molecule has 228 valence electrons. The average Bonchev–Trinajstić information content (AvgIpc) is 3.52. The van der Waals surface area contributed by atoms with Crippen LogP contribution in [-0.4, -0.2) is 54.7 Å². The number of carbonyl (C=O) groups is 3. The van der Waals surface area contributed by atoms with E-state index in [0.717, 1.165) is 30.6 Å². The number of aliphatic hydroxyl groups excluding tert-OH is 1. The topological polar surface area (TPSA) is 124 Å². The number of hydrogen-bond donors (Lipinski definition) is 1. The number of aliphatic hydroxyl groups is 1. The molecule has 1 saturated heterocycles. The van der Waals surface area contributed by atoms with E-state index in [-0.39, 0.29) is 21.3 Å². The first-order valence-corrected chi connectivity index (χ1v) is 15.1. The maximum atomic E-state index is 13.6. The highest BCUT2D eigenvalue weighted by atomic mass is 32.1. The molecule has 0 aliphatic carbocycles. The Bertz CT molecular complexity index is 1510. The summed E-state index contributed by atoms with van der Waals surface area (Å²) >= 11 is 0.934. The molecule has 1 aromatic heterocycles. The van der Waals surface area contributed by atoms with E-state index in [1.807, 2.05) is 13.8 Å². The van der Waals surface area contributed by atoms with E-state index in [9.17, 15) is 19.5 Å². The molecule has 0 spiro atoms. The molecule has 0 saturated carbocycles. The lowest BCUT2D eigenvalue weighted by Gasteiger charge is -2.24. The van der Waals surface area contributed by atoms with E-state index in [0.29, 0.717) is 53.9 Å². The number of thiazole rings is 1. The summed E-state index contributed by atoms with van der Waals surface area (Å²) in [5.74, 6) is -1.16. The first kappa shape index (κ1) is 31.6. The lowest BCUT2D eigenvalue weighted by atomic mass is 9.95. The number of hydrogen-bond acceptors (Lipinski definition) is 10. The second-order valence-electron chi connectivity index (χ2n) is 9.79. The van der Waals surface area contributed by atoms with Crippen LogP contribution in [0.15, 0.2) is 48.0 Å². The van der Waals surface area contributed by atoms with Gasteiger partial charge in [0.05, 0.1) is 44.2 Å². The number of nitrogens with zero attached hydrogens (tertiary/aromatic N) is 2. The number of amides is 1. The monoisotopic (exact) mass is 608 g/mol. The van der Waals surface area contributed by atoms with Gasteiger partial charge in [-0.25, -0.2) is 9.78 Å². The van der Waals surface area contributed by atoms with Crippen LogP contribution in [0.25, 0.3) is 5.76 Å². The van der Waals surface area contributed by atoms with E-state index in [1.165, 1.54) is 12.0 Å². The highest BCUT2D eigenvalue weighted by Gasteiger charge is 2.48. The molecule has 1 aliphatic rings. The third kappa shape index (κ3) is 6.67. The zero-order valence-corrected chi connectivity index (χ0v) is 25.8. The van der Waals surface area contributed by atoms with Crippen LogP contribution in [0.3, 0.4) is 0 Å². The number of ether oxygens (including phenoxy) is 4. The number of methoxy groups -OCH3 is 1. The van der Waals surface area contributed by atoms with E-state index in [1.54, 1.807) is 49.4 Å². The van der Waals surface area contributed by atoms with Crippen molar-refractivity contribution in [1.82, 2.24) is 4.98 Å². The Balaban J connectivity index is 1.88. The number of ketones is 1. The Morgan fingerprint density at radius 2 is 1.72 bits per heavy atom. The summed E-state index contributed by atoms with van der Waals surface area (Å²) in [4.78, 5) is 45.5. The molecule has 1 N–H and O–H groups in total. The van der Waals surface area contributed by atoms with Gasteiger partial charge in [-0.3, -0.25) is 14.5 Å². The summed E-state index contributed by atoms with van der Waals surface area (Å²) in [6, 6.07) is 10.7. The third-order valence-corrected chi connectivity index (χ3v) is 7.88. The molecule has 1 fully saturated rings. The van der Waals surface area contributed by atoms with E-state index >= 15 is 0 Å². The zero-order valence-electron chi connectivity index (χ0n) is 25.0. The van der Waals surface area contributed by atoms with Crippen molar-refractivity contribution >= 4 is 39.9 Å². The molecule has 3 aromatic rings. The van der Waals surface area contributed by atoms with Gasteiger partial charge >= 0.3 is 11.9 Å². The molecule has 0 bridgehead atoms. The Labute approximate surface area is 254 Å². The van der Waals surface area contributed by atoms with Gasteiger partial charge in [0.2, 0.25) is 0 Å². The van der Waals surface area contributed by atoms with E-state index in [4.69, 9.17) is 18.9 Å². The van der Waals surface area contributed by atoms with Crippen molar-refractivity contribution in [3.63, 3.8) is 0 Å². The summed E-state index contributed by atoms with van der Waals surface area (Å²) in [7, 11) is 1.26. The van der Waals surface area contributed by atoms with Gasteiger partial charge in [0.25, 0.3) is 5.78 Å². The minimum atomic E-state index is -1.07. The smallest absolute Gasteiger partial charge is 0.350 e. The molecule has 43 heavy (non-hydrogen) atoms. The summed E-state index contributed by atoms with van der Waals surface area (Å²) in [5.41, 5.74) is 1.05. The number of aromatic nitrogens is 1. The SMILES string of the molecule is CCCCOc1ccc(C2/C(=C(\O)c3ccc(OCCC)cc3)C(=O)C(=O)N2c2nc(C)c(C(=O)OC)s2)cc1OCC. The Morgan fingerprint density at radius 3 is 2.37 bits per heavy atom. The van der Waals surface area contributed by atoms with Crippen LogP contribution in [0.5, 0.6) is 17.2 Å². The Hall–Kier alpha value is -4.38. The quantitative estimate of drug-likeness (QED) is 0.0790. The van der Waals surface area contributed by atoms with Crippen LogP contribution in [0.2, 0.25) is 0 Å². The maximum absolute atomic E-state index is 13.6. The van der Waals surface area contributed by atoms with Crippen molar-refractivity contribution in [2.45, 2.75) is 53.0 Å². The van der Waals surface area contributed by atoms with Crippen molar-refractivity contribution in [1.29, 1.82) is 0 Å². The predicted octanol–water partition coefficient (Wildman–Crippen LogP) is 6.23. The molecule has 1 aliphatic heterocycles. The Kier molecular flexibility index (Phi) is 10.4. The molecular weight excluding hydrogens is 572 g/mol. The molecule has 2 heterocycles. The second-order valence-corrected chi connectivity index (χ2v) is 10.8. The van der Waals surface area contributed by atoms with Crippen molar-refractivity contribution in [2.24, 2.45) is 0 Å². The molecule has 0 radical (unpaired) electrons. The number of rotatable bonds is 13. The maximum Gasteiger partial charge on any atom is 0.350 e. The molecule has 1 amide bonds. The van der Waals surface area contributed by atoms with Crippen molar-refractivity contribution < 1.29 is 38.4 Å². The fourth-order valence-corrected chi connectivity index (χ4v) is 5.62. The Morgan fingerprint density at radius 1 is 0.977 bits per heavy atom. The lowest BCUT2D eigenvalue weighted by Crippen LogP contribution is -2.29. The molecule has 1 unspecified atom stereocenters. The number of carbonyl (C=O) groups excluding carboxylic acids is 3. The van der Waals surface area contributed by atoms with Crippen molar-refractivity contribution in [3.05, 3.63) is 69.7 Å². The summed E-state index contributed by atoms with van der Waals surface area (Å²) < 4.78 is 22.3. The minimum absolute atomic E-state index is 0.119. The van der Waals surface area contributed by atoms with Gasteiger partial charge in [-0.1, -0.05) is 37.7 Å². The molecule has 4 rings (SSSR count). The van der Waals surface area contributed by atoms with Crippen LogP contribution in [0.4, 0.5) is 5.13 Å². The standard InChI is InChI=1S/C32H36N2O8S/c1-6-9-17-42-23-15-12-21(18-24(23)40-8-3)26-25(27(35)20-10-13-22(14-11-20)41-16-7-2)28(36)30(37)34(26)32-33-19(4)29(43-32)31(38)39-5/h10-15,18,26,35H,6-9,16-17H2,1-5H3/b27-25+. The lowest BCUT2D eigenvalue weighted by molar-refractivity contribution is -0.132. The van der Waals surface area contributed by atoms with Crippen LogP contribution in [0.1, 0.15) is 72.6 Å².